The van der Waals surface area contributed by atoms with Crippen molar-refractivity contribution in [1.29, 1.82) is 0 Å². The van der Waals surface area contributed by atoms with E-state index in [0.717, 1.165) is 12.8 Å². The molecule has 0 aromatic rings. The molecule has 0 heterocycles. The Bertz CT molecular complexity index is 284. The minimum atomic E-state index is 0.574. The zero-order valence-electron chi connectivity index (χ0n) is 10.0. The Labute approximate surface area is 99.6 Å². The molecule has 2 atom stereocenters. The fraction of sp³-hybridized carbons (Fsp3) is 0.571. The zero-order valence-corrected chi connectivity index (χ0v) is 10.9. The lowest BCUT2D eigenvalue weighted by atomic mass is 9.87. The molecule has 0 bridgehead atoms. The maximum atomic E-state index is 4.53. The van der Waals surface area contributed by atoms with Crippen molar-refractivity contribution in [2.24, 2.45) is 5.92 Å². The standard InChI is InChI=1S/C14H22S/c1-4-11(2)6-5-7-13-8-9-14(15)10-12(13)3/h4-6,8,12,14-15H,7,9-10H2,1-3H3/b6-5-,11-4-/t12-,14?/m1/s1. The summed E-state index contributed by atoms with van der Waals surface area (Å²) in [6.07, 6.45) is 12.5. The number of hydrogen-bond donors (Lipinski definition) is 1. The molecule has 0 N–H and O–H groups in total. The second-order valence-electron chi connectivity index (χ2n) is 4.44. The minimum Gasteiger partial charge on any atom is -0.176 e. The summed E-state index contributed by atoms with van der Waals surface area (Å²) < 4.78 is 0. The van der Waals surface area contributed by atoms with E-state index in [1.165, 1.54) is 12.0 Å². The van der Waals surface area contributed by atoms with Crippen molar-refractivity contribution in [3.05, 3.63) is 35.5 Å². The molecule has 0 amide bonds. The van der Waals surface area contributed by atoms with E-state index in [1.54, 1.807) is 5.57 Å². The third-order valence-corrected chi connectivity index (χ3v) is 3.52. The number of thiol groups is 1. The quantitative estimate of drug-likeness (QED) is 0.404. The largest absolute Gasteiger partial charge is 0.176 e. The maximum absolute atomic E-state index is 4.53. The van der Waals surface area contributed by atoms with E-state index in [2.05, 4.69) is 57.7 Å². The number of rotatable bonds is 3. The topological polar surface area (TPSA) is 0 Å². The Morgan fingerprint density at radius 1 is 1.60 bits per heavy atom. The van der Waals surface area contributed by atoms with Crippen molar-refractivity contribution >= 4 is 12.6 Å². The fourth-order valence-corrected chi connectivity index (χ4v) is 2.33. The Kier molecular flexibility index (Phi) is 5.24. The molecule has 0 fully saturated rings. The lowest BCUT2D eigenvalue weighted by molar-refractivity contribution is 0.555. The molecule has 0 radical (unpaired) electrons. The van der Waals surface area contributed by atoms with Crippen molar-refractivity contribution in [3.63, 3.8) is 0 Å². The van der Waals surface area contributed by atoms with E-state index in [-0.39, 0.29) is 0 Å². The molecule has 15 heavy (non-hydrogen) atoms. The molecule has 1 heteroatoms. The van der Waals surface area contributed by atoms with Gasteiger partial charge in [-0.05, 0) is 39.0 Å². The summed E-state index contributed by atoms with van der Waals surface area (Å²) in [6.45, 7) is 6.52. The van der Waals surface area contributed by atoms with Crippen LogP contribution in [0.5, 0.6) is 0 Å². The lowest BCUT2D eigenvalue weighted by Crippen LogP contribution is -2.13. The van der Waals surface area contributed by atoms with E-state index < -0.39 is 0 Å². The number of allylic oxidation sites excluding steroid dienone is 6. The first-order valence-corrected chi connectivity index (χ1v) is 6.31. The molecule has 1 unspecified atom stereocenters. The summed E-state index contributed by atoms with van der Waals surface area (Å²) in [5, 5.41) is 0.574. The van der Waals surface area contributed by atoms with Crippen LogP contribution in [0.15, 0.2) is 35.5 Å². The molecule has 0 saturated carbocycles. The summed E-state index contributed by atoms with van der Waals surface area (Å²) in [6, 6.07) is 0. The van der Waals surface area contributed by atoms with Gasteiger partial charge in [-0.3, -0.25) is 0 Å². The van der Waals surface area contributed by atoms with Gasteiger partial charge in [0.2, 0.25) is 0 Å². The van der Waals surface area contributed by atoms with Crippen LogP contribution in [0.25, 0.3) is 0 Å². The van der Waals surface area contributed by atoms with Crippen LogP contribution in [0.1, 0.15) is 40.0 Å². The monoisotopic (exact) mass is 222 g/mol. The van der Waals surface area contributed by atoms with Gasteiger partial charge in [0.15, 0.2) is 0 Å². The summed E-state index contributed by atoms with van der Waals surface area (Å²) in [7, 11) is 0. The SMILES string of the molecule is C/C=C(C)\C=C/CC1=CCC(S)C[C@H]1C. The molecule has 84 valence electrons. The lowest BCUT2D eigenvalue weighted by Gasteiger charge is -2.23. The Balaban J connectivity index is 2.48. The van der Waals surface area contributed by atoms with E-state index in [0.29, 0.717) is 11.2 Å². The van der Waals surface area contributed by atoms with Crippen LogP contribution < -0.4 is 0 Å². The average Bonchev–Trinajstić information content (AvgIpc) is 2.21. The van der Waals surface area contributed by atoms with Gasteiger partial charge in [-0.1, -0.05) is 42.4 Å². The molecule has 0 nitrogen and oxygen atoms in total. The molecule has 0 aromatic heterocycles. The smallest absolute Gasteiger partial charge is 0.00570 e. The molecule has 0 aliphatic heterocycles. The van der Waals surface area contributed by atoms with Crippen LogP contribution in [-0.4, -0.2) is 5.25 Å². The molecule has 0 spiro atoms. The van der Waals surface area contributed by atoms with Crippen molar-refractivity contribution < 1.29 is 0 Å². The second kappa shape index (κ2) is 6.22. The molecule has 1 rings (SSSR count). The molecule has 0 saturated heterocycles. The van der Waals surface area contributed by atoms with Gasteiger partial charge in [0.25, 0.3) is 0 Å². The highest BCUT2D eigenvalue weighted by Crippen LogP contribution is 2.29. The number of hydrogen-bond acceptors (Lipinski definition) is 1. The molecule has 1 aliphatic rings. The first-order chi connectivity index (χ1) is 7.13. The normalized spacial score (nSPS) is 28.3. The summed E-state index contributed by atoms with van der Waals surface area (Å²) in [5.74, 6) is 0.705. The van der Waals surface area contributed by atoms with Gasteiger partial charge < -0.3 is 0 Å². The highest BCUT2D eigenvalue weighted by atomic mass is 32.1. The van der Waals surface area contributed by atoms with Crippen LogP contribution in [0, 0.1) is 5.92 Å². The second-order valence-corrected chi connectivity index (χ2v) is 5.17. The summed E-state index contributed by atoms with van der Waals surface area (Å²) in [5.41, 5.74) is 2.92. The fourth-order valence-electron chi connectivity index (χ4n) is 1.91. The van der Waals surface area contributed by atoms with Crippen molar-refractivity contribution in [3.8, 4) is 0 Å². The van der Waals surface area contributed by atoms with Gasteiger partial charge >= 0.3 is 0 Å². The highest BCUT2D eigenvalue weighted by molar-refractivity contribution is 7.80. The van der Waals surface area contributed by atoms with Gasteiger partial charge in [0.1, 0.15) is 0 Å². The van der Waals surface area contributed by atoms with Crippen LogP contribution in [0.4, 0.5) is 0 Å². The van der Waals surface area contributed by atoms with Gasteiger partial charge in [0, 0.05) is 5.25 Å². The maximum Gasteiger partial charge on any atom is 0.00570 e. The first-order valence-electron chi connectivity index (χ1n) is 5.80. The average molecular weight is 222 g/mol. The van der Waals surface area contributed by atoms with Crippen molar-refractivity contribution in [1.82, 2.24) is 0 Å². The van der Waals surface area contributed by atoms with Gasteiger partial charge in [-0.2, -0.15) is 12.6 Å². The summed E-state index contributed by atoms with van der Waals surface area (Å²) in [4.78, 5) is 0. The van der Waals surface area contributed by atoms with Crippen LogP contribution >= 0.6 is 12.6 Å². The Morgan fingerprint density at radius 2 is 2.33 bits per heavy atom. The molecular formula is C14H22S. The minimum absolute atomic E-state index is 0.574. The van der Waals surface area contributed by atoms with Crippen LogP contribution in [0.3, 0.4) is 0 Å². The van der Waals surface area contributed by atoms with Crippen LogP contribution in [-0.2, 0) is 0 Å². The summed E-state index contributed by atoms with van der Waals surface area (Å²) >= 11 is 4.53. The Hall–Kier alpha value is -0.430. The van der Waals surface area contributed by atoms with Gasteiger partial charge in [0.05, 0.1) is 0 Å². The molecular weight excluding hydrogens is 200 g/mol. The molecule has 0 aromatic carbocycles. The van der Waals surface area contributed by atoms with Gasteiger partial charge in [-0.15, -0.1) is 0 Å². The van der Waals surface area contributed by atoms with E-state index in [9.17, 15) is 0 Å². The highest BCUT2D eigenvalue weighted by Gasteiger charge is 2.16. The predicted molar refractivity (Wildman–Crippen MR) is 72.4 cm³/mol. The zero-order chi connectivity index (χ0) is 11.3. The molecule has 1 aliphatic carbocycles. The van der Waals surface area contributed by atoms with Crippen molar-refractivity contribution in [2.45, 2.75) is 45.3 Å². The van der Waals surface area contributed by atoms with Gasteiger partial charge in [-0.25, -0.2) is 0 Å². The van der Waals surface area contributed by atoms with E-state index in [4.69, 9.17) is 0 Å². The van der Waals surface area contributed by atoms with Crippen LogP contribution in [0.2, 0.25) is 0 Å². The third-order valence-electron chi connectivity index (χ3n) is 3.10. The van der Waals surface area contributed by atoms with E-state index >= 15 is 0 Å². The first kappa shape index (κ1) is 12.6. The van der Waals surface area contributed by atoms with E-state index in [1.807, 2.05) is 0 Å². The third kappa shape index (κ3) is 4.29. The predicted octanol–water partition coefficient (Wildman–Crippen LogP) is 4.55. The van der Waals surface area contributed by atoms with Crippen molar-refractivity contribution in [2.75, 3.05) is 0 Å². The Morgan fingerprint density at radius 3 is 2.93 bits per heavy atom.